The van der Waals surface area contributed by atoms with Crippen LogP contribution in [0.3, 0.4) is 0 Å². The Kier molecular flexibility index (Phi) is 9.33. The number of nitrogens with zero attached hydrogens (tertiary/aromatic N) is 4. The summed E-state index contributed by atoms with van der Waals surface area (Å²) < 4.78 is 0. The standard InChI is InChI=1S/C29H27ClN6O5/c1-2-35(29(37)38)25-17-23(32-26(20-9-5-3-6-10-20)21-11-7-4-8-12-21)27(36(40)41)28(33-25)31-18-24(34-39)19-13-15-22(30)16-14-19/h3-17,26,39H,2,18H2,1H3,(H,37,38)(H2,31,32,33)/p-1. The number of hydrogen-bond donors (Lipinski definition) is 3. The highest BCUT2D eigenvalue weighted by Crippen LogP contribution is 2.38. The second-order valence-electron chi connectivity index (χ2n) is 8.80. The van der Waals surface area contributed by atoms with Gasteiger partial charge in [-0.1, -0.05) is 89.6 Å². The highest BCUT2D eigenvalue weighted by Gasteiger charge is 2.28. The smallest absolute Gasteiger partial charge is 0.334 e. The molecule has 41 heavy (non-hydrogen) atoms. The SMILES string of the molecule is CCN(C(=O)[O-])c1cc(NC(c2ccccc2)c2ccccc2)c([N+](=O)[O-])c(NCC(=NO)c2ccc(Cl)cc2)n1. The van der Waals surface area contributed by atoms with Gasteiger partial charge in [0.1, 0.15) is 23.3 Å². The molecule has 3 N–H and O–H groups in total. The summed E-state index contributed by atoms with van der Waals surface area (Å²) in [6.07, 6.45) is -1.52. The number of carbonyl (C=O) groups excluding carboxylic acids is 1. The molecule has 0 saturated heterocycles. The van der Waals surface area contributed by atoms with Gasteiger partial charge in [-0.2, -0.15) is 0 Å². The Hall–Kier alpha value is -5.16. The van der Waals surface area contributed by atoms with E-state index in [1.807, 2.05) is 60.7 Å². The van der Waals surface area contributed by atoms with E-state index in [2.05, 4.69) is 20.8 Å². The number of aromatic nitrogens is 1. The highest BCUT2D eigenvalue weighted by molar-refractivity contribution is 6.30. The zero-order chi connectivity index (χ0) is 29.4. The molecule has 12 heteroatoms. The van der Waals surface area contributed by atoms with Gasteiger partial charge < -0.3 is 30.6 Å². The van der Waals surface area contributed by atoms with Crippen LogP contribution in [0.4, 0.5) is 27.8 Å². The van der Waals surface area contributed by atoms with Crippen molar-refractivity contribution >= 4 is 46.4 Å². The monoisotopic (exact) mass is 573 g/mol. The molecule has 0 radical (unpaired) electrons. The summed E-state index contributed by atoms with van der Waals surface area (Å²) in [5.74, 6) is -0.318. The first-order valence-electron chi connectivity index (χ1n) is 12.6. The molecule has 4 aromatic rings. The van der Waals surface area contributed by atoms with Gasteiger partial charge in [0.05, 0.1) is 17.5 Å². The van der Waals surface area contributed by atoms with Crippen molar-refractivity contribution < 1.29 is 20.0 Å². The number of oxime groups is 1. The van der Waals surface area contributed by atoms with Crippen molar-refractivity contribution in [3.05, 3.63) is 123 Å². The Morgan fingerprint density at radius 1 is 1.05 bits per heavy atom. The van der Waals surface area contributed by atoms with E-state index in [4.69, 9.17) is 11.6 Å². The van der Waals surface area contributed by atoms with Crippen LogP contribution in [0.15, 0.2) is 96.2 Å². The number of halogens is 1. The van der Waals surface area contributed by atoms with E-state index in [-0.39, 0.29) is 36.1 Å². The summed E-state index contributed by atoms with van der Waals surface area (Å²) >= 11 is 5.95. The van der Waals surface area contributed by atoms with Crippen LogP contribution in [0.1, 0.15) is 29.7 Å². The zero-order valence-electron chi connectivity index (χ0n) is 21.9. The Morgan fingerprint density at radius 2 is 1.63 bits per heavy atom. The van der Waals surface area contributed by atoms with Gasteiger partial charge in [0.15, 0.2) is 0 Å². The molecular weight excluding hydrogens is 548 g/mol. The Labute approximate surface area is 240 Å². The third kappa shape index (κ3) is 6.89. The molecule has 0 unspecified atom stereocenters. The van der Waals surface area contributed by atoms with Gasteiger partial charge in [0, 0.05) is 23.2 Å². The van der Waals surface area contributed by atoms with Crippen LogP contribution in [0.2, 0.25) is 5.02 Å². The minimum Gasteiger partial charge on any atom is -0.530 e. The zero-order valence-corrected chi connectivity index (χ0v) is 22.7. The number of carboxylic acid groups (broad SMARTS) is 1. The number of nitrogens with one attached hydrogen (secondary N) is 2. The molecule has 0 atom stereocenters. The fourth-order valence-corrected chi connectivity index (χ4v) is 4.40. The molecule has 210 valence electrons. The van der Waals surface area contributed by atoms with E-state index < -0.39 is 22.7 Å². The van der Waals surface area contributed by atoms with Crippen molar-refractivity contribution in [2.45, 2.75) is 13.0 Å². The molecule has 1 amide bonds. The predicted octanol–water partition coefficient (Wildman–Crippen LogP) is 5.30. The number of amides is 1. The molecular formula is C29H26ClN6O5-. The van der Waals surface area contributed by atoms with Crippen LogP contribution in [0.5, 0.6) is 0 Å². The first kappa shape index (κ1) is 28.8. The molecule has 0 bridgehead atoms. The molecule has 0 saturated carbocycles. The first-order chi connectivity index (χ1) is 19.8. The quantitative estimate of drug-likeness (QED) is 0.0943. The summed E-state index contributed by atoms with van der Waals surface area (Å²) in [5, 5.41) is 43.9. The van der Waals surface area contributed by atoms with Gasteiger partial charge >= 0.3 is 5.69 Å². The Balaban J connectivity index is 1.82. The maximum absolute atomic E-state index is 12.5. The van der Waals surface area contributed by atoms with E-state index >= 15 is 0 Å². The summed E-state index contributed by atoms with van der Waals surface area (Å²) in [5.41, 5.74) is 1.91. The summed E-state index contributed by atoms with van der Waals surface area (Å²) in [7, 11) is 0. The van der Waals surface area contributed by atoms with E-state index in [0.717, 1.165) is 16.0 Å². The van der Waals surface area contributed by atoms with Gasteiger partial charge in [-0.25, -0.2) is 4.98 Å². The summed E-state index contributed by atoms with van der Waals surface area (Å²) in [4.78, 5) is 28.9. The second kappa shape index (κ2) is 13.3. The summed E-state index contributed by atoms with van der Waals surface area (Å²) in [6, 6.07) is 25.9. The second-order valence-corrected chi connectivity index (χ2v) is 9.23. The lowest BCUT2D eigenvalue weighted by atomic mass is 9.98. The van der Waals surface area contributed by atoms with Crippen molar-refractivity contribution in [2.24, 2.45) is 5.16 Å². The van der Waals surface area contributed by atoms with E-state index in [1.165, 1.54) is 6.07 Å². The molecule has 0 aliphatic carbocycles. The molecule has 0 aliphatic rings. The third-order valence-electron chi connectivity index (χ3n) is 6.26. The average Bonchev–Trinajstić information content (AvgIpc) is 2.98. The number of anilines is 3. The third-order valence-corrected chi connectivity index (χ3v) is 6.51. The van der Waals surface area contributed by atoms with Crippen molar-refractivity contribution in [1.29, 1.82) is 0 Å². The first-order valence-corrected chi connectivity index (χ1v) is 12.9. The van der Waals surface area contributed by atoms with Gasteiger partial charge in [-0.05, 0) is 30.2 Å². The van der Waals surface area contributed by atoms with E-state index in [0.29, 0.717) is 10.6 Å². The lowest BCUT2D eigenvalue weighted by Gasteiger charge is -2.26. The van der Waals surface area contributed by atoms with Gasteiger partial charge in [0.2, 0.25) is 5.82 Å². The molecule has 1 heterocycles. The fraction of sp³-hybridized carbons (Fsp3) is 0.138. The number of rotatable bonds is 11. The number of carbonyl (C=O) groups is 1. The van der Waals surface area contributed by atoms with E-state index in [9.17, 15) is 25.2 Å². The highest BCUT2D eigenvalue weighted by atomic mass is 35.5. The van der Waals surface area contributed by atoms with Crippen LogP contribution in [-0.4, -0.2) is 40.0 Å². The lowest BCUT2D eigenvalue weighted by molar-refractivity contribution is -0.383. The van der Waals surface area contributed by atoms with Crippen LogP contribution in [0.25, 0.3) is 0 Å². The average molecular weight is 574 g/mol. The number of nitro groups is 1. The number of benzene rings is 3. The molecule has 3 aromatic carbocycles. The van der Waals surface area contributed by atoms with Crippen molar-refractivity contribution in [2.75, 3.05) is 28.6 Å². The van der Waals surface area contributed by atoms with Gasteiger partial charge in [-0.3, -0.25) is 10.1 Å². The molecule has 0 aliphatic heterocycles. The Morgan fingerprint density at radius 3 is 2.12 bits per heavy atom. The van der Waals surface area contributed by atoms with Crippen LogP contribution >= 0.6 is 11.6 Å². The lowest BCUT2D eigenvalue weighted by Crippen LogP contribution is -2.41. The van der Waals surface area contributed by atoms with Gasteiger partial charge in [-0.15, -0.1) is 0 Å². The minimum atomic E-state index is -1.52. The number of pyridine rings is 1. The maximum atomic E-state index is 12.5. The predicted molar refractivity (Wildman–Crippen MR) is 156 cm³/mol. The normalized spacial score (nSPS) is 11.2. The van der Waals surface area contributed by atoms with E-state index in [1.54, 1.807) is 31.2 Å². The molecule has 11 nitrogen and oxygen atoms in total. The van der Waals surface area contributed by atoms with Crippen molar-refractivity contribution in [3.63, 3.8) is 0 Å². The fourth-order valence-electron chi connectivity index (χ4n) is 4.28. The number of hydrogen-bond acceptors (Lipinski definition) is 9. The minimum absolute atomic E-state index is 0.0129. The molecule has 0 spiro atoms. The largest absolute Gasteiger partial charge is 0.530 e. The molecule has 4 rings (SSSR count). The maximum Gasteiger partial charge on any atom is 0.334 e. The Bertz CT molecular complexity index is 1500. The molecule has 0 fully saturated rings. The van der Waals surface area contributed by atoms with Crippen molar-refractivity contribution in [3.8, 4) is 0 Å². The van der Waals surface area contributed by atoms with Gasteiger partial charge in [0.25, 0.3) is 0 Å². The van der Waals surface area contributed by atoms with Crippen LogP contribution in [-0.2, 0) is 0 Å². The molecule has 1 aromatic heterocycles. The topological polar surface area (TPSA) is 156 Å². The van der Waals surface area contributed by atoms with Crippen LogP contribution in [0, 0.1) is 10.1 Å². The summed E-state index contributed by atoms with van der Waals surface area (Å²) in [6.45, 7) is 1.40. The van der Waals surface area contributed by atoms with Crippen LogP contribution < -0.4 is 20.6 Å². The van der Waals surface area contributed by atoms with Crippen molar-refractivity contribution in [1.82, 2.24) is 4.98 Å².